The molecule has 0 saturated carbocycles. The van der Waals surface area contributed by atoms with Crippen LogP contribution in [0.1, 0.15) is 44.2 Å². The molecule has 7 nitrogen and oxygen atoms in total. The van der Waals surface area contributed by atoms with E-state index in [1.807, 2.05) is 67.6 Å². The summed E-state index contributed by atoms with van der Waals surface area (Å²) in [5.41, 5.74) is 3.58. The van der Waals surface area contributed by atoms with Crippen molar-refractivity contribution in [1.82, 2.24) is 19.2 Å². The topological polar surface area (TPSA) is 81.3 Å². The molecule has 33 heavy (non-hydrogen) atoms. The van der Waals surface area contributed by atoms with Crippen LogP contribution >= 0.6 is 11.8 Å². The number of thioether (sulfide) groups is 1. The zero-order valence-corrected chi connectivity index (χ0v) is 20.3. The molecule has 2 aromatic carbocycles. The van der Waals surface area contributed by atoms with Gasteiger partial charge in [-0.2, -0.15) is 0 Å². The molecule has 0 aliphatic carbocycles. The molecular weight excluding hydrogens is 434 g/mol. The first-order valence-electron chi connectivity index (χ1n) is 11.3. The lowest BCUT2D eigenvalue weighted by molar-refractivity contribution is -0.115. The van der Waals surface area contributed by atoms with Crippen LogP contribution < -0.4 is 10.9 Å². The number of anilines is 1. The summed E-state index contributed by atoms with van der Waals surface area (Å²) < 4.78 is 3.60. The molecule has 172 valence electrons. The molecule has 4 aromatic rings. The minimum atomic E-state index is -0.407. The maximum atomic E-state index is 13.2. The number of aromatic nitrogens is 4. The van der Waals surface area contributed by atoms with E-state index in [9.17, 15) is 9.59 Å². The van der Waals surface area contributed by atoms with Crippen LogP contribution in [-0.2, 0) is 11.3 Å². The van der Waals surface area contributed by atoms with Gasteiger partial charge >= 0.3 is 0 Å². The van der Waals surface area contributed by atoms with Gasteiger partial charge < -0.3 is 5.32 Å². The maximum Gasteiger partial charge on any atom is 0.262 e. The van der Waals surface area contributed by atoms with E-state index in [0.717, 1.165) is 41.6 Å². The Bertz CT molecular complexity index is 1350. The highest BCUT2D eigenvalue weighted by atomic mass is 32.2. The highest BCUT2D eigenvalue weighted by Gasteiger charge is 2.22. The van der Waals surface area contributed by atoms with E-state index in [4.69, 9.17) is 0 Å². The number of carbonyl (C=O) groups excluding carboxylic acids is 1. The van der Waals surface area contributed by atoms with E-state index in [2.05, 4.69) is 22.4 Å². The van der Waals surface area contributed by atoms with Crippen LogP contribution in [0, 0.1) is 13.8 Å². The third-order valence-corrected chi connectivity index (χ3v) is 6.89. The summed E-state index contributed by atoms with van der Waals surface area (Å²) in [5.74, 6) is 0.411. The van der Waals surface area contributed by atoms with Gasteiger partial charge in [0.05, 0.1) is 16.2 Å². The van der Waals surface area contributed by atoms with Crippen molar-refractivity contribution in [2.24, 2.45) is 0 Å². The highest BCUT2D eigenvalue weighted by Crippen LogP contribution is 2.27. The standard InChI is InChI=1S/C25H29N5O2S/c1-5-6-9-15-29-23(32)19-13-7-8-14-20(19)30-24(29)27-28-25(30)33-18(4)22(31)26-21-16(2)11-10-12-17(21)3/h7-8,10-14,18H,5-6,9,15H2,1-4H3,(H,26,31). The van der Waals surface area contributed by atoms with Gasteiger partial charge in [-0.25, -0.2) is 0 Å². The minimum absolute atomic E-state index is 0.0565. The fraction of sp³-hybridized carbons (Fsp3) is 0.360. The van der Waals surface area contributed by atoms with Crippen molar-refractivity contribution in [2.75, 3.05) is 5.32 Å². The summed E-state index contributed by atoms with van der Waals surface area (Å²) in [6.45, 7) is 8.54. The maximum absolute atomic E-state index is 13.2. The van der Waals surface area contributed by atoms with Gasteiger partial charge in [0.15, 0.2) is 5.16 Å². The number of fused-ring (bicyclic) bond motifs is 3. The molecule has 0 bridgehead atoms. The minimum Gasteiger partial charge on any atom is -0.325 e. The molecule has 0 saturated heterocycles. The smallest absolute Gasteiger partial charge is 0.262 e. The van der Waals surface area contributed by atoms with E-state index < -0.39 is 5.25 Å². The summed E-state index contributed by atoms with van der Waals surface area (Å²) in [7, 11) is 0. The summed E-state index contributed by atoms with van der Waals surface area (Å²) >= 11 is 1.34. The van der Waals surface area contributed by atoms with Crippen molar-refractivity contribution in [1.29, 1.82) is 0 Å². The first-order valence-corrected chi connectivity index (χ1v) is 12.2. The number of aryl methyl sites for hydroxylation is 3. The average molecular weight is 464 g/mol. The van der Waals surface area contributed by atoms with Gasteiger partial charge in [-0.1, -0.05) is 61.9 Å². The molecular formula is C25H29N5O2S. The van der Waals surface area contributed by atoms with Gasteiger partial charge in [-0.15, -0.1) is 10.2 Å². The Morgan fingerprint density at radius 3 is 2.52 bits per heavy atom. The number of rotatable bonds is 8. The second-order valence-electron chi connectivity index (χ2n) is 8.32. The number of hydrogen-bond acceptors (Lipinski definition) is 5. The molecule has 0 radical (unpaired) electrons. The molecule has 1 unspecified atom stereocenters. The van der Waals surface area contributed by atoms with E-state index in [0.29, 0.717) is 22.9 Å². The van der Waals surface area contributed by atoms with Crippen LogP contribution in [0.3, 0.4) is 0 Å². The molecule has 2 aromatic heterocycles. The Morgan fingerprint density at radius 2 is 1.79 bits per heavy atom. The van der Waals surface area contributed by atoms with Crippen molar-refractivity contribution in [2.45, 2.75) is 63.9 Å². The van der Waals surface area contributed by atoms with E-state index in [-0.39, 0.29) is 11.5 Å². The number of nitrogens with zero attached hydrogens (tertiary/aromatic N) is 4. The summed E-state index contributed by atoms with van der Waals surface area (Å²) in [6, 6.07) is 13.4. The predicted octanol–water partition coefficient (Wildman–Crippen LogP) is 4.97. The molecule has 1 atom stereocenters. The number of hydrogen-bond donors (Lipinski definition) is 1. The van der Waals surface area contributed by atoms with Crippen LogP contribution in [-0.4, -0.2) is 30.3 Å². The lowest BCUT2D eigenvalue weighted by Gasteiger charge is -2.15. The zero-order chi connectivity index (χ0) is 23.5. The van der Waals surface area contributed by atoms with Gasteiger partial charge in [0, 0.05) is 12.2 Å². The number of nitrogens with one attached hydrogen (secondary N) is 1. The van der Waals surface area contributed by atoms with Gasteiger partial charge in [-0.05, 0) is 50.5 Å². The molecule has 0 spiro atoms. The van der Waals surface area contributed by atoms with Crippen molar-refractivity contribution in [3.05, 3.63) is 63.9 Å². The van der Waals surface area contributed by atoms with Crippen molar-refractivity contribution >= 4 is 40.0 Å². The Labute approximate surface area is 197 Å². The third kappa shape index (κ3) is 4.53. The Balaban J connectivity index is 1.70. The first-order chi connectivity index (χ1) is 15.9. The Kier molecular flexibility index (Phi) is 6.83. The summed E-state index contributed by atoms with van der Waals surface area (Å²) in [6.07, 6.45) is 3.00. The normalized spacial score (nSPS) is 12.4. The average Bonchev–Trinajstić information content (AvgIpc) is 3.22. The van der Waals surface area contributed by atoms with Crippen molar-refractivity contribution in [3.63, 3.8) is 0 Å². The third-order valence-electron chi connectivity index (χ3n) is 5.84. The second-order valence-corrected chi connectivity index (χ2v) is 9.62. The molecule has 4 rings (SSSR count). The molecule has 2 heterocycles. The lowest BCUT2D eigenvalue weighted by Crippen LogP contribution is -2.25. The number of benzene rings is 2. The molecule has 0 aliphatic heterocycles. The predicted molar refractivity (Wildman–Crippen MR) is 134 cm³/mol. The monoisotopic (exact) mass is 463 g/mol. The van der Waals surface area contributed by atoms with Crippen LogP contribution in [0.4, 0.5) is 5.69 Å². The molecule has 0 fully saturated rings. The summed E-state index contributed by atoms with van der Waals surface area (Å²) in [5, 5.41) is 12.6. The van der Waals surface area contributed by atoms with Gasteiger partial charge in [0.2, 0.25) is 11.7 Å². The van der Waals surface area contributed by atoms with Gasteiger partial charge in [0.25, 0.3) is 5.56 Å². The first kappa shape index (κ1) is 23.0. The van der Waals surface area contributed by atoms with Crippen LogP contribution in [0.2, 0.25) is 0 Å². The summed E-state index contributed by atoms with van der Waals surface area (Å²) in [4.78, 5) is 26.1. The number of amides is 1. The zero-order valence-electron chi connectivity index (χ0n) is 19.5. The molecule has 8 heteroatoms. The number of unbranched alkanes of at least 4 members (excludes halogenated alkanes) is 2. The number of para-hydroxylation sites is 2. The molecule has 1 N–H and O–H groups in total. The van der Waals surface area contributed by atoms with Crippen LogP contribution in [0.15, 0.2) is 52.4 Å². The lowest BCUT2D eigenvalue weighted by atomic mass is 10.1. The number of carbonyl (C=O) groups is 1. The van der Waals surface area contributed by atoms with Crippen molar-refractivity contribution < 1.29 is 4.79 Å². The van der Waals surface area contributed by atoms with Crippen LogP contribution in [0.25, 0.3) is 16.7 Å². The van der Waals surface area contributed by atoms with Crippen LogP contribution in [0.5, 0.6) is 0 Å². The van der Waals surface area contributed by atoms with E-state index in [1.165, 1.54) is 11.8 Å². The molecule has 1 amide bonds. The Hall–Kier alpha value is -3.13. The van der Waals surface area contributed by atoms with Crippen molar-refractivity contribution in [3.8, 4) is 0 Å². The SMILES string of the molecule is CCCCCn1c(=O)c2ccccc2n2c(SC(C)C(=O)Nc3c(C)cccc3C)nnc12. The largest absolute Gasteiger partial charge is 0.325 e. The fourth-order valence-electron chi connectivity index (χ4n) is 3.98. The van der Waals surface area contributed by atoms with E-state index in [1.54, 1.807) is 4.57 Å². The Morgan fingerprint density at radius 1 is 1.06 bits per heavy atom. The second kappa shape index (κ2) is 9.79. The van der Waals surface area contributed by atoms with Gasteiger partial charge in [-0.3, -0.25) is 18.6 Å². The van der Waals surface area contributed by atoms with E-state index >= 15 is 0 Å². The quantitative estimate of drug-likeness (QED) is 0.295. The fourth-order valence-corrected chi connectivity index (χ4v) is 4.84. The molecule has 0 aliphatic rings. The highest BCUT2D eigenvalue weighted by molar-refractivity contribution is 8.00. The van der Waals surface area contributed by atoms with Gasteiger partial charge in [0.1, 0.15) is 0 Å².